The number of ether oxygens (including phenoxy) is 2. The van der Waals surface area contributed by atoms with Crippen LogP contribution in [0.2, 0.25) is 5.02 Å². The maximum Gasteiger partial charge on any atom is 0.254 e. The maximum atomic E-state index is 13.6. The van der Waals surface area contributed by atoms with Crippen LogP contribution in [-0.4, -0.2) is 38.0 Å². The second-order valence-corrected chi connectivity index (χ2v) is 8.56. The Labute approximate surface area is 189 Å². The van der Waals surface area contributed by atoms with Gasteiger partial charge in [-0.15, -0.1) is 11.3 Å². The number of carbonyl (C=O) groups excluding carboxylic acids is 2. The van der Waals surface area contributed by atoms with E-state index in [1.165, 1.54) is 25.6 Å². The minimum absolute atomic E-state index is 0.179. The third-order valence-corrected chi connectivity index (χ3v) is 6.56. The number of thiophene rings is 1. The van der Waals surface area contributed by atoms with Crippen molar-refractivity contribution < 1.29 is 19.1 Å². The highest BCUT2D eigenvalue weighted by Gasteiger charge is 2.44. The van der Waals surface area contributed by atoms with Gasteiger partial charge in [-0.25, -0.2) is 0 Å². The quantitative estimate of drug-likeness (QED) is 0.588. The Balaban J connectivity index is 1.86. The number of benzene rings is 2. The molecule has 8 heteroatoms. The number of nitrogens with one attached hydrogen (secondary N) is 1. The fraction of sp³-hybridized carbons (Fsp3) is 0.217. The largest absolute Gasteiger partial charge is 0.493 e. The summed E-state index contributed by atoms with van der Waals surface area (Å²) in [4.78, 5) is 29.4. The second-order valence-electron chi connectivity index (χ2n) is 7.15. The monoisotopic (exact) mass is 456 g/mol. The number of rotatable bonds is 5. The first-order valence-electron chi connectivity index (χ1n) is 9.57. The zero-order chi connectivity index (χ0) is 22.1. The minimum atomic E-state index is -0.657. The molecule has 0 fully saturated rings. The predicted octanol–water partition coefficient (Wildman–Crippen LogP) is 4.97. The van der Waals surface area contributed by atoms with Crippen LogP contribution in [0.25, 0.3) is 0 Å². The lowest BCUT2D eigenvalue weighted by atomic mass is 9.81. The van der Waals surface area contributed by atoms with Crippen molar-refractivity contribution in [3.8, 4) is 11.5 Å². The van der Waals surface area contributed by atoms with Crippen LogP contribution in [0.3, 0.4) is 0 Å². The van der Waals surface area contributed by atoms with Gasteiger partial charge in [0.2, 0.25) is 5.91 Å². The molecule has 1 aromatic heterocycles. The van der Waals surface area contributed by atoms with Crippen molar-refractivity contribution in [2.24, 2.45) is 0 Å². The van der Waals surface area contributed by atoms with Gasteiger partial charge in [0.1, 0.15) is 0 Å². The molecule has 1 aliphatic heterocycles. The van der Waals surface area contributed by atoms with Gasteiger partial charge in [-0.05, 0) is 47.3 Å². The topological polar surface area (TPSA) is 67.9 Å². The van der Waals surface area contributed by atoms with Gasteiger partial charge in [-0.2, -0.15) is 0 Å². The summed E-state index contributed by atoms with van der Waals surface area (Å²) in [5.41, 5.74) is 1.60. The summed E-state index contributed by atoms with van der Waals surface area (Å²) in [6.45, 7) is 0. The molecule has 0 aliphatic carbocycles. The Morgan fingerprint density at radius 3 is 2.48 bits per heavy atom. The SMILES string of the molecule is COc1cc2c(cc1OC)[C@@H](C(=O)Nc1cccc(Cl)c1)[C@H](c1cccs1)N(C)C2=O. The smallest absolute Gasteiger partial charge is 0.254 e. The van der Waals surface area contributed by atoms with E-state index in [2.05, 4.69) is 5.32 Å². The third kappa shape index (κ3) is 3.86. The van der Waals surface area contributed by atoms with E-state index in [9.17, 15) is 9.59 Å². The van der Waals surface area contributed by atoms with Crippen LogP contribution in [-0.2, 0) is 4.79 Å². The average Bonchev–Trinajstić information content (AvgIpc) is 3.29. The molecule has 4 rings (SSSR count). The second kappa shape index (κ2) is 8.61. The number of methoxy groups -OCH3 is 2. The molecule has 1 aliphatic rings. The van der Waals surface area contributed by atoms with E-state index in [4.69, 9.17) is 21.1 Å². The van der Waals surface area contributed by atoms with Gasteiger partial charge >= 0.3 is 0 Å². The number of likely N-dealkylation sites (N-methyl/N-ethyl adjacent to an activating group) is 1. The number of amides is 2. The number of hydrogen-bond acceptors (Lipinski definition) is 5. The fourth-order valence-corrected chi connectivity index (χ4v) is 5.03. The summed E-state index contributed by atoms with van der Waals surface area (Å²) < 4.78 is 10.8. The molecule has 3 aromatic rings. The van der Waals surface area contributed by atoms with E-state index < -0.39 is 12.0 Å². The van der Waals surface area contributed by atoms with Gasteiger partial charge in [0.15, 0.2) is 11.5 Å². The molecule has 1 N–H and O–H groups in total. The number of nitrogens with zero attached hydrogens (tertiary/aromatic N) is 1. The molecule has 2 heterocycles. The Bertz CT molecular complexity index is 1130. The van der Waals surface area contributed by atoms with Gasteiger partial charge in [0, 0.05) is 28.2 Å². The molecular weight excluding hydrogens is 436 g/mol. The summed E-state index contributed by atoms with van der Waals surface area (Å²) in [5, 5.41) is 5.42. The van der Waals surface area contributed by atoms with E-state index in [-0.39, 0.29) is 11.8 Å². The molecule has 6 nitrogen and oxygen atoms in total. The molecule has 2 atom stereocenters. The van der Waals surface area contributed by atoms with E-state index in [1.54, 1.807) is 48.3 Å². The highest BCUT2D eigenvalue weighted by Crippen LogP contribution is 2.46. The van der Waals surface area contributed by atoms with Crippen LogP contribution in [0.1, 0.15) is 32.8 Å². The Morgan fingerprint density at radius 1 is 1.10 bits per heavy atom. The fourth-order valence-electron chi connectivity index (χ4n) is 3.93. The van der Waals surface area contributed by atoms with Gasteiger partial charge in [0.25, 0.3) is 5.91 Å². The van der Waals surface area contributed by atoms with Crippen LogP contribution >= 0.6 is 22.9 Å². The first-order valence-corrected chi connectivity index (χ1v) is 10.8. The predicted molar refractivity (Wildman–Crippen MR) is 122 cm³/mol. The summed E-state index contributed by atoms with van der Waals surface area (Å²) in [6.07, 6.45) is 0. The summed E-state index contributed by atoms with van der Waals surface area (Å²) >= 11 is 7.59. The Morgan fingerprint density at radius 2 is 1.84 bits per heavy atom. The lowest BCUT2D eigenvalue weighted by Crippen LogP contribution is -2.43. The number of carbonyl (C=O) groups is 2. The Kier molecular flexibility index (Phi) is 5.89. The van der Waals surface area contributed by atoms with Gasteiger partial charge in [-0.3, -0.25) is 9.59 Å². The van der Waals surface area contributed by atoms with Crippen LogP contribution in [0.4, 0.5) is 5.69 Å². The van der Waals surface area contributed by atoms with Crippen LogP contribution in [0.15, 0.2) is 53.9 Å². The highest BCUT2D eigenvalue weighted by molar-refractivity contribution is 7.10. The molecule has 160 valence electrons. The average molecular weight is 457 g/mol. The van der Waals surface area contributed by atoms with Crippen molar-refractivity contribution in [2.75, 3.05) is 26.6 Å². The lowest BCUT2D eigenvalue weighted by molar-refractivity contribution is -0.119. The third-order valence-electron chi connectivity index (χ3n) is 5.38. The zero-order valence-electron chi connectivity index (χ0n) is 17.2. The number of hydrogen-bond donors (Lipinski definition) is 1. The zero-order valence-corrected chi connectivity index (χ0v) is 18.8. The summed E-state index contributed by atoms with van der Waals surface area (Å²) in [6, 6.07) is 13.7. The molecule has 2 amide bonds. The number of halogens is 1. The number of fused-ring (bicyclic) bond motifs is 1. The molecule has 0 unspecified atom stereocenters. The van der Waals surface area contributed by atoms with Gasteiger partial charge < -0.3 is 19.7 Å². The van der Waals surface area contributed by atoms with Crippen molar-refractivity contribution in [1.82, 2.24) is 4.90 Å². The molecule has 0 bridgehead atoms. The van der Waals surface area contributed by atoms with Crippen molar-refractivity contribution in [3.05, 3.63) is 74.9 Å². The standard InChI is InChI=1S/C23H21ClN2O4S/c1-26-21(19-8-5-9-31-19)20(22(27)25-14-7-4-6-13(24)10-14)15-11-17(29-2)18(30-3)12-16(15)23(26)28/h4-12,20-21H,1-3H3,(H,25,27)/t20-,21+/m1/s1. The lowest BCUT2D eigenvalue weighted by Gasteiger charge is -2.39. The van der Waals surface area contributed by atoms with E-state index >= 15 is 0 Å². The highest BCUT2D eigenvalue weighted by atomic mass is 35.5. The van der Waals surface area contributed by atoms with E-state index in [0.717, 1.165) is 4.88 Å². The molecule has 0 spiro atoms. The molecule has 2 aromatic carbocycles. The minimum Gasteiger partial charge on any atom is -0.493 e. The summed E-state index contributed by atoms with van der Waals surface area (Å²) in [5.74, 6) is -0.180. The molecular formula is C23H21ClN2O4S. The van der Waals surface area contributed by atoms with E-state index in [0.29, 0.717) is 33.3 Å². The number of anilines is 1. The molecule has 0 radical (unpaired) electrons. The van der Waals surface area contributed by atoms with Gasteiger partial charge in [0.05, 0.1) is 26.2 Å². The van der Waals surface area contributed by atoms with Crippen LogP contribution in [0.5, 0.6) is 11.5 Å². The van der Waals surface area contributed by atoms with Crippen LogP contribution < -0.4 is 14.8 Å². The van der Waals surface area contributed by atoms with Crippen molar-refractivity contribution in [2.45, 2.75) is 12.0 Å². The van der Waals surface area contributed by atoms with Crippen molar-refractivity contribution >= 4 is 40.4 Å². The molecule has 0 saturated carbocycles. The first-order chi connectivity index (χ1) is 14.9. The van der Waals surface area contributed by atoms with Crippen molar-refractivity contribution in [3.63, 3.8) is 0 Å². The van der Waals surface area contributed by atoms with Crippen molar-refractivity contribution in [1.29, 1.82) is 0 Å². The first kappa shape index (κ1) is 21.2. The molecule has 31 heavy (non-hydrogen) atoms. The van der Waals surface area contributed by atoms with Crippen LogP contribution in [0, 0.1) is 0 Å². The van der Waals surface area contributed by atoms with Gasteiger partial charge in [-0.1, -0.05) is 23.7 Å². The molecule has 0 saturated heterocycles. The Hall–Kier alpha value is -3.03. The normalized spacial score (nSPS) is 17.8. The maximum absolute atomic E-state index is 13.6. The summed E-state index contributed by atoms with van der Waals surface area (Å²) in [7, 11) is 4.75. The van der Waals surface area contributed by atoms with E-state index in [1.807, 2.05) is 17.5 Å².